The summed E-state index contributed by atoms with van der Waals surface area (Å²) < 4.78 is 1.98. The van der Waals surface area contributed by atoms with Crippen LogP contribution in [0.1, 0.15) is 34.7 Å². The molecule has 2 aliphatic rings. The Labute approximate surface area is 353 Å². The van der Waals surface area contributed by atoms with Gasteiger partial charge in [0, 0.05) is 27.5 Å². The number of benzene rings is 8. The molecule has 0 saturated heterocycles. The highest BCUT2D eigenvalue weighted by Gasteiger charge is 2.51. The summed E-state index contributed by atoms with van der Waals surface area (Å²) in [5, 5.41) is 2.71. The summed E-state index contributed by atoms with van der Waals surface area (Å²) in [7, 11) is 0. The number of anilines is 3. The summed E-state index contributed by atoms with van der Waals surface area (Å²) in [5.74, 6) is 1.52. The Balaban J connectivity index is 1.24. The lowest BCUT2D eigenvalue weighted by molar-refractivity contribution is 0.708. The molecule has 0 unspecified atom stereocenters. The van der Waals surface area contributed by atoms with Crippen molar-refractivity contribution in [3.8, 4) is 39.5 Å². The second kappa shape index (κ2) is 13.6. The number of para-hydroxylation sites is 3. The van der Waals surface area contributed by atoms with Crippen LogP contribution in [0, 0.1) is 0 Å². The fourth-order valence-corrected chi connectivity index (χ4v) is 10.2. The van der Waals surface area contributed by atoms with Gasteiger partial charge in [0.2, 0.25) is 0 Å². The van der Waals surface area contributed by atoms with Gasteiger partial charge in [-0.1, -0.05) is 177 Å². The van der Waals surface area contributed by atoms with Crippen LogP contribution in [0.25, 0.3) is 61.1 Å². The van der Waals surface area contributed by atoms with Gasteiger partial charge in [0.25, 0.3) is 5.56 Å². The SMILES string of the molecule is CCc1c(-c2ccccc2)nc(-c2ccccc2)nc1N1c2ccccc2C2(c3ccccc31)c1cc(-c3ccccc3)ccc1-n1c(=O)c3ccccc3c3cccc2c31. The average Bonchev–Trinajstić information content (AvgIpc) is 3.34. The summed E-state index contributed by atoms with van der Waals surface area (Å²) >= 11 is 0. The molecule has 0 fully saturated rings. The standard InChI is InChI=1S/C56H38N4O/c1-2-40-51(37-21-8-4-9-22-37)57-53(38-23-10-5-11-24-38)58-54(40)59-48-31-16-14-28-44(48)56(45-29-15-17-32-49(45)59)46-30-18-27-42-41-25-12-13-26-43(41)55(61)60(52(42)46)50-34-33-39(35-47(50)56)36-19-6-3-7-20-36/h3-35H,2H2,1H3. The smallest absolute Gasteiger partial charge is 0.263 e. The highest BCUT2D eigenvalue weighted by atomic mass is 16.1. The molecule has 2 aromatic heterocycles. The van der Waals surface area contributed by atoms with E-state index in [0.29, 0.717) is 17.6 Å². The third kappa shape index (κ3) is 4.98. The number of nitrogens with zero attached hydrogens (tertiary/aromatic N) is 4. The predicted octanol–water partition coefficient (Wildman–Crippen LogP) is 13.0. The van der Waals surface area contributed by atoms with Crippen LogP contribution in [0.15, 0.2) is 205 Å². The molecule has 4 heterocycles. The predicted molar refractivity (Wildman–Crippen MR) is 248 cm³/mol. The quantitative estimate of drug-likeness (QED) is 0.163. The van der Waals surface area contributed by atoms with E-state index in [9.17, 15) is 4.79 Å². The molecule has 288 valence electrons. The first-order chi connectivity index (χ1) is 30.2. The average molecular weight is 783 g/mol. The van der Waals surface area contributed by atoms with Gasteiger partial charge in [-0.3, -0.25) is 14.3 Å². The monoisotopic (exact) mass is 782 g/mol. The molecule has 0 N–H and O–H groups in total. The molecule has 5 heteroatoms. The van der Waals surface area contributed by atoms with Gasteiger partial charge in [0.15, 0.2) is 5.82 Å². The molecule has 0 saturated carbocycles. The largest absolute Gasteiger partial charge is 0.294 e. The van der Waals surface area contributed by atoms with E-state index in [1.807, 2.05) is 47.0 Å². The fourth-order valence-electron chi connectivity index (χ4n) is 10.2. The van der Waals surface area contributed by atoms with Gasteiger partial charge in [-0.15, -0.1) is 0 Å². The maximum Gasteiger partial charge on any atom is 0.263 e. The summed E-state index contributed by atoms with van der Waals surface area (Å²) in [6, 6.07) is 70.2. The maximum atomic E-state index is 15.0. The molecule has 10 aromatic rings. The zero-order valence-electron chi connectivity index (χ0n) is 33.5. The summed E-state index contributed by atoms with van der Waals surface area (Å²) in [4.78, 5) is 28.2. The van der Waals surface area contributed by atoms with Gasteiger partial charge in [0.05, 0.1) is 33.7 Å². The molecular formula is C56H38N4O. The normalized spacial score (nSPS) is 13.2. The summed E-state index contributed by atoms with van der Waals surface area (Å²) in [5.41, 5.74) is 13.5. The minimum Gasteiger partial charge on any atom is -0.294 e. The second-order valence-corrected chi connectivity index (χ2v) is 15.9. The van der Waals surface area contributed by atoms with Gasteiger partial charge < -0.3 is 0 Å². The molecule has 12 rings (SSSR count). The van der Waals surface area contributed by atoms with Crippen molar-refractivity contribution in [3.63, 3.8) is 0 Å². The molecule has 8 aromatic carbocycles. The third-order valence-corrected chi connectivity index (χ3v) is 12.8. The van der Waals surface area contributed by atoms with Gasteiger partial charge in [-0.25, -0.2) is 9.97 Å². The van der Waals surface area contributed by atoms with E-state index >= 15 is 0 Å². The number of hydrogen-bond donors (Lipinski definition) is 0. The molecule has 0 bridgehead atoms. The minimum atomic E-state index is -0.831. The number of hydrogen-bond acceptors (Lipinski definition) is 4. The van der Waals surface area contributed by atoms with Gasteiger partial charge >= 0.3 is 0 Å². The topological polar surface area (TPSA) is 51.0 Å². The molecular weight excluding hydrogens is 745 g/mol. The summed E-state index contributed by atoms with van der Waals surface area (Å²) in [6.07, 6.45) is 0.715. The maximum absolute atomic E-state index is 15.0. The van der Waals surface area contributed by atoms with Crippen molar-refractivity contribution in [2.24, 2.45) is 0 Å². The fraction of sp³-hybridized carbons (Fsp3) is 0.0536. The lowest BCUT2D eigenvalue weighted by atomic mass is 9.60. The van der Waals surface area contributed by atoms with E-state index in [-0.39, 0.29) is 5.56 Å². The molecule has 1 spiro atoms. The lowest BCUT2D eigenvalue weighted by Crippen LogP contribution is -2.42. The van der Waals surface area contributed by atoms with Gasteiger partial charge in [-0.2, -0.15) is 0 Å². The Morgan fingerprint density at radius 2 is 1.02 bits per heavy atom. The highest BCUT2D eigenvalue weighted by molar-refractivity contribution is 6.09. The van der Waals surface area contributed by atoms with Crippen LogP contribution in [0.5, 0.6) is 0 Å². The van der Waals surface area contributed by atoms with Crippen molar-refractivity contribution in [1.82, 2.24) is 14.5 Å². The van der Waals surface area contributed by atoms with E-state index in [1.54, 1.807) is 0 Å². The first-order valence-electron chi connectivity index (χ1n) is 20.9. The Bertz CT molecular complexity index is 3380. The molecule has 0 aliphatic carbocycles. The van der Waals surface area contributed by atoms with E-state index < -0.39 is 5.41 Å². The minimum absolute atomic E-state index is 0.0198. The Hall–Kier alpha value is -7.89. The molecule has 0 radical (unpaired) electrons. The van der Waals surface area contributed by atoms with Crippen LogP contribution in [0.4, 0.5) is 17.2 Å². The van der Waals surface area contributed by atoms with Crippen LogP contribution < -0.4 is 10.5 Å². The van der Waals surface area contributed by atoms with Crippen LogP contribution in [-0.2, 0) is 11.8 Å². The molecule has 0 amide bonds. The van der Waals surface area contributed by atoms with Crippen molar-refractivity contribution in [1.29, 1.82) is 0 Å². The number of rotatable bonds is 5. The van der Waals surface area contributed by atoms with Crippen molar-refractivity contribution in [2.45, 2.75) is 18.8 Å². The summed E-state index contributed by atoms with van der Waals surface area (Å²) in [6.45, 7) is 2.20. The van der Waals surface area contributed by atoms with Crippen LogP contribution in [-0.4, -0.2) is 14.5 Å². The van der Waals surface area contributed by atoms with E-state index in [0.717, 1.165) is 94.9 Å². The lowest BCUT2D eigenvalue weighted by Gasteiger charge is -2.49. The Morgan fingerprint density at radius 1 is 0.459 bits per heavy atom. The van der Waals surface area contributed by atoms with Crippen molar-refractivity contribution in [3.05, 3.63) is 238 Å². The first-order valence-corrected chi connectivity index (χ1v) is 20.9. The third-order valence-electron chi connectivity index (χ3n) is 12.8. The molecule has 5 nitrogen and oxygen atoms in total. The zero-order chi connectivity index (χ0) is 40.7. The Kier molecular flexibility index (Phi) is 7.81. The number of aromatic nitrogens is 3. The molecule has 2 aliphatic heterocycles. The van der Waals surface area contributed by atoms with Crippen molar-refractivity contribution < 1.29 is 0 Å². The van der Waals surface area contributed by atoms with Crippen molar-refractivity contribution >= 4 is 38.9 Å². The number of pyridine rings is 1. The van der Waals surface area contributed by atoms with Gasteiger partial charge in [-0.05, 0) is 75.5 Å². The van der Waals surface area contributed by atoms with E-state index in [2.05, 4.69) is 170 Å². The van der Waals surface area contributed by atoms with E-state index in [1.165, 1.54) is 0 Å². The first kappa shape index (κ1) is 35.1. The Morgan fingerprint density at radius 3 is 1.69 bits per heavy atom. The van der Waals surface area contributed by atoms with Crippen LogP contribution in [0.2, 0.25) is 0 Å². The van der Waals surface area contributed by atoms with Crippen molar-refractivity contribution in [2.75, 3.05) is 4.90 Å². The zero-order valence-corrected chi connectivity index (χ0v) is 33.5. The van der Waals surface area contributed by atoms with Gasteiger partial charge in [0.1, 0.15) is 5.82 Å². The van der Waals surface area contributed by atoms with Crippen LogP contribution >= 0.6 is 0 Å². The number of fused-ring (bicyclic) bond motifs is 10. The van der Waals surface area contributed by atoms with E-state index in [4.69, 9.17) is 9.97 Å². The highest BCUT2D eigenvalue weighted by Crippen LogP contribution is 2.61. The molecule has 0 atom stereocenters. The second-order valence-electron chi connectivity index (χ2n) is 15.9. The van der Waals surface area contributed by atoms with Crippen LogP contribution in [0.3, 0.4) is 0 Å². The molecule has 61 heavy (non-hydrogen) atoms.